The van der Waals surface area contributed by atoms with Crippen molar-refractivity contribution in [3.8, 4) is 0 Å². The fourth-order valence-electron chi connectivity index (χ4n) is 4.12. The average Bonchev–Trinajstić information content (AvgIpc) is 3.01. The molecule has 0 aromatic rings. The van der Waals surface area contributed by atoms with Gasteiger partial charge < -0.3 is 25.3 Å². The molecule has 2 N–H and O–H groups in total. The molecule has 26 heavy (non-hydrogen) atoms. The Labute approximate surface area is 159 Å². The minimum atomic E-state index is -0.267. The number of hydrogen-bond donors (Lipinski definition) is 2. The molecule has 1 amide bonds. The zero-order valence-corrected chi connectivity index (χ0v) is 17.2. The smallest absolute Gasteiger partial charge is 0.230 e. The van der Waals surface area contributed by atoms with Gasteiger partial charge in [0.1, 0.15) is 0 Å². The van der Waals surface area contributed by atoms with Crippen LogP contribution in [-0.4, -0.2) is 101 Å². The number of nitrogens with one attached hydrogen (secondary N) is 2. The standard InChI is InChI=1S/C19H38N6O/c1-20-18(21-10-13-25-12-7-11-24(4)14-15-25)22-16-19(8-5-6-9-19)17(26)23(2)3/h5-16H2,1-4H3,(H2,20,21,22). The summed E-state index contributed by atoms with van der Waals surface area (Å²) in [6.07, 6.45) is 5.44. The predicted molar refractivity (Wildman–Crippen MR) is 108 cm³/mol. The second kappa shape index (κ2) is 10.1. The molecule has 2 aliphatic rings. The van der Waals surface area contributed by atoms with Gasteiger partial charge >= 0.3 is 0 Å². The van der Waals surface area contributed by atoms with Crippen LogP contribution in [0.1, 0.15) is 32.1 Å². The maximum Gasteiger partial charge on any atom is 0.230 e. The van der Waals surface area contributed by atoms with Crippen molar-refractivity contribution >= 4 is 11.9 Å². The number of carbonyl (C=O) groups is 1. The Morgan fingerprint density at radius 3 is 2.46 bits per heavy atom. The van der Waals surface area contributed by atoms with Crippen LogP contribution in [0.2, 0.25) is 0 Å². The summed E-state index contributed by atoms with van der Waals surface area (Å²) < 4.78 is 0. The highest BCUT2D eigenvalue weighted by molar-refractivity contribution is 5.85. The first-order chi connectivity index (χ1) is 12.5. The van der Waals surface area contributed by atoms with E-state index in [2.05, 4.69) is 32.5 Å². The molecule has 0 aromatic heterocycles. The highest BCUT2D eigenvalue weighted by Gasteiger charge is 2.42. The molecule has 1 aliphatic heterocycles. The molecular formula is C19H38N6O. The Morgan fingerprint density at radius 1 is 1.08 bits per heavy atom. The summed E-state index contributed by atoms with van der Waals surface area (Å²) in [5.74, 6) is 1.04. The molecule has 2 fully saturated rings. The van der Waals surface area contributed by atoms with Gasteiger partial charge in [0.25, 0.3) is 0 Å². The van der Waals surface area contributed by atoms with Crippen LogP contribution in [0.5, 0.6) is 0 Å². The molecule has 1 aliphatic carbocycles. The molecule has 2 rings (SSSR count). The van der Waals surface area contributed by atoms with Crippen molar-refractivity contribution in [2.24, 2.45) is 10.4 Å². The van der Waals surface area contributed by atoms with Crippen LogP contribution >= 0.6 is 0 Å². The number of rotatable bonds is 6. The van der Waals surface area contributed by atoms with E-state index in [0.717, 1.165) is 57.8 Å². The second-order valence-electron chi connectivity index (χ2n) is 8.04. The van der Waals surface area contributed by atoms with Gasteiger partial charge in [0.2, 0.25) is 5.91 Å². The molecule has 1 heterocycles. The Kier molecular flexibility index (Phi) is 8.15. The van der Waals surface area contributed by atoms with Gasteiger partial charge in [-0.05, 0) is 39.4 Å². The van der Waals surface area contributed by atoms with E-state index in [9.17, 15) is 4.79 Å². The molecule has 150 valence electrons. The predicted octanol–water partition coefficient (Wildman–Crippen LogP) is 0.438. The zero-order chi connectivity index (χ0) is 19.0. The number of aliphatic imine (C=N–C) groups is 1. The minimum absolute atomic E-state index is 0.242. The third-order valence-corrected chi connectivity index (χ3v) is 5.77. The van der Waals surface area contributed by atoms with Gasteiger partial charge in [0, 0.05) is 53.9 Å². The molecule has 0 radical (unpaired) electrons. The second-order valence-corrected chi connectivity index (χ2v) is 8.04. The van der Waals surface area contributed by atoms with Gasteiger partial charge in [-0.15, -0.1) is 0 Å². The third kappa shape index (κ3) is 5.84. The van der Waals surface area contributed by atoms with E-state index in [1.165, 1.54) is 19.5 Å². The Hall–Kier alpha value is -1.34. The quantitative estimate of drug-likeness (QED) is 0.528. The van der Waals surface area contributed by atoms with Crippen LogP contribution < -0.4 is 10.6 Å². The van der Waals surface area contributed by atoms with E-state index in [1.54, 1.807) is 11.9 Å². The number of amides is 1. The SMILES string of the molecule is CN=C(NCCN1CCCN(C)CC1)NCC1(C(=O)N(C)C)CCCC1. The van der Waals surface area contributed by atoms with Gasteiger partial charge in [0.15, 0.2) is 5.96 Å². The van der Waals surface area contributed by atoms with Crippen LogP contribution in [0, 0.1) is 5.41 Å². The summed E-state index contributed by atoms with van der Waals surface area (Å²) in [5, 5.41) is 6.83. The largest absolute Gasteiger partial charge is 0.355 e. The lowest BCUT2D eigenvalue weighted by Crippen LogP contribution is -2.50. The summed E-state index contributed by atoms with van der Waals surface area (Å²) in [6, 6.07) is 0. The van der Waals surface area contributed by atoms with Crippen molar-refractivity contribution in [2.45, 2.75) is 32.1 Å². The van der Waals surface area contributed by atoms with E-state index >= 15 is 0 Å². The van der Waals surface area contributed by atoms with Crippen molar-refractivity contribution in [3.05, 3.63) is 0 Å². The summed E-state index contributed by atoms with van der Waals surface area (Å²) in [5.41, 5.74) is -0.267. The number of likely N-dealkylation sites (N-methyl/N-ethyl adjacent to an activating group) is 1. The molecule has 7 nitrogen and oxygen atoms in total. The summed E-state index contributed by atoms with van der Waals surface area (Å²) in [7, 11) is 7.70. The minimum Gasteiger partial charge on any atom is -0.355 e. The molecule has 0 atom stereocenters. The number of nitrogens with zero attached hydrogens (tertiary/aromatic N) is 4. The van der Waals surface area contributed by atoms with E-state index in [4.69, 9.17) is 0 Å². The van der Waals surface area contributed by atoms with Gasteiger partial charge in [0.05, 0.1) is 5.41 Å². The van der Waals surface area contributed by atoms with Gasteiger partial charge in [-0.1, -0.05) is 12.8 Å². The van der Waals surface area contributed by atoms with Crippen molar-refractivity contribution in [1.29, 1.82) is 0 Å². The molecule has 0 bridgehead atoms. The lowest BCUT2D eigenvalue weighted by atomic mass is 9.84. The Balaban J connectivity index is 1.77. The van der Waals surface area contributed by atoms with Crippen molar-refractivity contribution in [1.82, 2.24) is 25.3 Å². The topological polar surface area (TPSA) is 63.2 Å². The first-order valence-electron chi connectivity index (χ1n) is 10.0. The van der Waals surface area contributed by atoms with Crippen molar-refractivity contribution < 1.29 is 4.79 Å². The molecule has 0 aromatic carbocycles. The highest BCUT2D eigenvalue weighted by atomic mass is 16.2. The fourth-order valence-corrected chi connectivity index (χ4v) is 4.12. The van der Waals surface area contributed by atoms with E-state index in [-0.39, 0.29) is 11.3 Å². The molecule has 1 saturated heterocycles. The fraction of sp³-hybridized carbons (Fsp3) is 0.895. The van der Waals surface area contributed by atoms with Crippen LogP contribution in [0.4, 0.5) is 0 Å². The summed E-state index contributed by atoms with van der Waals surface area (Å²) in [4.78, 5) is 23.6. The van der Waals surface area contributed by atoms with Crippen LogP contribution in [0.3, 0.4) is 0 Å². The highest BCUT2D eigenvalue weighted by Crippen LogP contribution is 2.38. The average molecular weight is 367 g/mol. The summed E-state index contributed by atoms with van der Waals surface area (Å²) in [6.45, 7) is 7.19. The van der Waals surface area contributed by atoms with E-state index in [0.29, 0.717) is 6.54 Å². The number of hydrogen-bond acceptors (Lipinski definition) is 4. The molecule has 0 spiro atoms. The van der Waals surface area contributed by atoms with E-state index < -0.39 is 0 Å². The monoisotopic (exact) mass is 366 g/mol. The third-order valence-electron chi connectivity index (χ3n) is 5.77. The maximum absolute atomic E-state index is 12.7. The van der Waals surface area contributed by atoms with Gasteiger partial charge in [-0.25, -0.2) is 0 Å². The van der Waals surface area contributed by atoms with E-state index in [1.807, 2.05) is 14.1 Å². The lowest BCUT2D eigenvalue weighted by Gasteiger charge is -2.31. The maximum atomic E-state index is 12.7. The van der Waals surface area contributed by atoms with Crippen LogP contribution in [0.15, 0.2) is 4.99 Å². The van der Waals surface area contributed by atoms with Crippen LogP contribution in [0.25, 0.3) is 0 Å². The van der Waals surface area contributed by atoms with Gasteiger partial charge in [-0.2, -0.15) is 0 Å². The first-order valence-corrected chi connectivity index (χ1v) is 10.0. The summed E-state index contributed by atoms with van der Waals surface area (Å²) >= 11 is 0. The van der Waals surface area contributed by atoms with Crippen LogP contribution in [-0.2, 0) is 4.79 Å². The normalized spacial score (nSPS) is 22.1. The number of carbonyl (C=O) groups excluding carboxylic acids is 1. The Bertz CT molecular complexity index is 473. The lowest BCUT2D eigenvalue weighted by molar-refractivity contribution is -0.138. The first kappa shape index (κ1) is 21.0. The molecular weight excluding hydrogens is 328 g/mol. The zero-order valence-electron chi connectivity index (χ0n) is 17.2. The molecule has 7 heteroatoms. The van der Waals surface area contributed by atoms with Crippen molar-refractivity contribution in [3.63, 3.8) is 0 Å². The molecule has 1 saturated carbocycles. The van der Waals surface area contributed by atoms with Crippen molar-refractivity contribution in [2.75, 3.05) is 74.0 Å². The van der Waals surface area contributed by atoms with Gasteiger partial charge in [-0.3, -0.25) is 9.79 Å². The number of guanidine groups is 1. The Morgan fingerprint density at radius 2 is 1.81 bits per heavy atom. The molecule has 0 unspecified atom stereocenters.